The third-order valence-corrected chi connectivity index (χ3v) is 3.78. The molecule has 3 heteroatoms. The lowest BCUT2D eigenvalue weighted by Crippen LogP contribution is -2.21. The first-order valence-electron chi connectivity index (χ1n) is 6.94. The van der Waals surface area contributed by atoms with Crippen LogP contribution in [0.5, 0.6) is 0 Å². The van der Waals surface area contributed by atoms with Crippen molar-refractivity contribution in [3.8, 4) is 0 Å². The molecule has 2 aromatic carbocycles. The average molecular weight is 263 g/mol. The van der Waals surface area contributed by atoms with Crippen LogP contribution in [0.3, 0.4) is 0 Å². The van der Waals surface area contributed by atoms with Gasteiger partial charge in [-0.25, -0.2) is 4.98 Å². The highest BCUT2D eigenvalue weighted by molar-refractivity contribution is 5.90. The Morgan fingerprint density at radius 2 is 1.40 bits per heavy atom. The number of para-hydroxylation sites is 4. The quantitative estimate of drug-likeness (QED) is 0.466. The molecule has 0 fully saturated rings. The normalized spacial score (nSPS) is 12.8. The third kappa shape index (κ3) is 1.38. The Bertz CT molecular complexity index is 935. The summed E-state index contributed by atoms with van der Waals surface area (Å²) in [4.78, 5) is 4.84. The van der Waals surface area contributed by atoms with Gasteiger partial charge in [-0.2, -0.15) is 0 Å². The number of imidazole rings is 2. The summed E-state index contributed by atoms with van der Waals surface area (Å²) in [7, 11) is 0. The Hall–Kier alpha value is -2.29. The molecule has 0 bridgehead atoms. The molecule has 0 N–H and O–H groups in total. The van der Waals surface area contributed by atoms with Crippen LogP contribution in [-0.4, -0.2) is 14.0 Å². The van der Waals surface area contributed by atoms with E-state index in [-0.39, 0.29) is 5.54 Å². The average Bonchev–Trinajstić information content (AvgIpc) is 2.90. The summed E-state index contributed by atoms with van der Waals surface area (Å²) in [6.07, 6.45) is 0. The largest absolute Gasteiger partial charge is 0.304 e. The van der Waals surface area contributed by atoms with Gasteiger partial charge >= 0.3 is 0 Å². The summed E-state index contributed by atoms with van der Waals surface area (Å²) < 4.78 is 4.58. The zero-order valence-corrected chi connectivity index (χ0v) is 12.0. The second-order valence-corrected chi connectivity index (χ2v) is 6.23. The molecular weight excluding hydrogens is 246 g/mol. The molecule has 0 spiro atoms. The van der Waals surface area contributed by atoms with Gasteiger partial charge in [-0.15, -0.1) is 0 Å². The summed E-state index contributed by atoms with van der Waals surface area (Å²) >= 11 is 0. The summed E-state index contributed by atoms with van der Waals surface area (Å²) in [5, 5.41) is 0. The Kier molecular flexibility index (Phi) is 2.09. The van der Waals surface area contributed by atoms with Crippen molar-refractivity contribution in [1.82, 2.24) is 14.0 Å². The van der Waals surface area contributed by atoms with E-state index in [1.165, 1.54) is 16.6 Å². The first-order valence-corrected chi connectivity index (χ1v) is 6.94. The minimum absolute atomic E-state index is 0.00820. The van der Waals surface area contributed by atoms with Gasteiger partial charge in [0, 0.05) is 5.54 Å². The molecule has 4 aromatic rings. The predicted molar refractivity (Wildman–Crippen MR) is 83.2 cm³/mol. The highest BCUT2D eigenvalue weighted by atomic mass is 15.2. The third-order valence-electron chi connectivity index (χ3n) is 3.78. The Labute approximate surface area is 117 Å². The van der Waals surface area contributed by atoms with Crippen molar-refractivity contribution in [2.75, 3.05) is 0 Å². The molecule has 0 unspecified atom stereocenters. The number of hydrogen-bond donors (Lipinski definition) is 0. The van der Waals surface area contributed by atoms with E-state index in [0.717, 1.165) is 11.3 Å². The van der Waals surface area contributed by atoms with Gasteiger partial charge in [0.05, 0.1) is 22.1 Å². The second kappa shape index (κ2) is 3.63. The number of rotatable bonds is 0. The standard InChI is InChI=1S/C17H17N3/c1-17(2,3)20-15-11-7-6-10-14(15)19-13-9-5-4-8-12(13)18-16(19)20/h4-11H,1-3H3. The second-order valence-electron chi connectivity index (χ2n) is 6.23. The lowest BCUT2D eigenvalue weighted by Gasteiger charge is -2.22. The SMILES string of the molecule is CC(C)(C)n1c2ccccc2n2c3ccccc3nc12. The smallest absolute Gasteiger partial charge is 0.216 e. The maximum atomic E-state index is 4.84. The Balaban J connectivity index is 2.34. The number of nitrogens with zero attached hydrogens (tertiary/aromatic N) is 3. The Morgan fingerprint density at radius 1 is 0.800 bits per heavy atom. The van der Waals surface area contributed by atoms with Crippen molar-refractivity contribution in [3.05, 3.63) is 48.5 Å². The van der Waals surface area contributed by atoms with Crippen LogP contribution in [0.1, 0.15) is 20.8 Å². The van der Waals surface area contributed by atoms with Crippen molar-refractivity contribution in [3.63, 3.8) is 0 Å². The topological polar surface area (TPSA) is 22.2 Å². The van der Waals surface area contributed by atoms with Gasteiger partial charge in [0.2, 0.25) is 5.78 Å². The predicted octanol–water partition coefficient (Wildman–Crippen LogP) is 4.20. The van der Waals surface area contributed by atoms with E-state index >= 15 is 0 Å². The van der Waals surface area contributed by atoms with Crippen molar-refractivity contribution in [2.24, 2.45) is 0 Å². The first-order chi connectivity index (χ1) is 9.57. The van der Waals surface area contributed by atoms with E-state index in [1.807, 2.05) is 6.07 Å². The van der Waals surface area contributed by atoms with Crippen LogP contribution < -0.4 is 0 Å². The molecule has 0 radical (unpaired) electrons. The Morgan fingerprint density at radius 3 is 2.10 bits per heavy atom. The van der Waals surface area contributed by atoms with Gasteiger partial charge in [0.1, 0.15) is 0 Å². The zero-order chi connectivity index (χ0) is 13.9. The van der Waals surface area contributed by atoms with Crippen LogP contribution >= 0.6 is 0 Å². The molecule has 4 rings (SSSR count). The highest BCUT2D eigenvalue weighted by Crippen LogP contribution is 2.30. The molecular formula is C17H17N3. The van der Waals surface area contributed by atoms with E-state index in [0.29, 0.717) is 0 Å². The maximum absolute atomic E-state index is 4.84. The van der Waals surface area contributed by atoms with Gasteiger partial charge in [-0.1, -0.05) is 24.3 Å². The molecule has 0 saturated heterocycles. The van der Waals surface area contributed by atoms with Crippen molar-refractivity contribution < 1.29 is 0 Å². The summed E-state index contributed by atoms with van der Waals surface area (Å²) in [5.41, 5.74) is 4.65. The number of hydrogen-bond acceptors (Lipinski definition) is 1. The maximum Gasteiger partial charge on any atom is 0.216 e. The van der Waals surface area contributed by atoms with Crippen LogP contribution in [0.4, 0.5) is 0 Å². The van der Waals surface area contributed by atoms with Crippen LogP contribution in [-0.2, 0) is 5.54 Å². The summed E-state index contributed by atoms with van der Waals surface area (Å²) in [6.45, 7) is 6.66. The zero-order valence-electron chi connectivity index (χ0n) is 12.0. The molecule has 2 heterocycles. The van der Waals surface area contributed by atoms with E-state index in [9.17, 15) is 0 Å². The monoisotopic (exact) mass is 263 g/mol. The molecule has 20 heavy (non-hydrogen) atoms. The molecule has 0 atom stereocenters. The van der Waals surface area contributed by atoms with Gasteiger partial charge < -0.3 is 4.57 Å². The fourth-order valence-electron chi connectivity index (χ4n) is 3.01. The highest BCUT2D eigenvalue weighted by Gasteiger charge is 2.22. The molecule has 0 saturated carbocycles. The van der Waals surface area contributed by atoms with E-state index < -0.39 is 0 Å². The van der Waals surface area contributed by atoms with Gasteiger partial charge in [-0.05, 0) is 45.0 Å². The van der Waals surface area contributed by atoms with Crippen LogP contribution in [0.2, 0.25) is 0 Å². The van der Waals surface area contributed by atoms with Gasteiger partial charge in [-0.3, -0.25) is 4.40 Å². The van der Waals surface area contributed by atoms with E-state index in [1.54, 1.807) is 0 Å². The van der Waals surface area contributed by atoms with Gasteiger partial charge in [0.25, 0.3) is 0 Å². The van der Waals surface area contributed by atoms with Crippen molar-refractivity contribution in [2.45, 2.75) is 26.3 Å². The molecule has 0 aliphatic carbocycles. The van der Waals surface area contributed by atoms with Crippen molar-refractivity contribution >= 4 is 27.8 Å². The molecule has 100 valence electrons. The van der Waals surface area contributed by atoms with Crippen molar-refractivity contribution in [1.29, 1.82) is 0 Å². The number of fused-ring (bicyclic) bond motifs is 5. The number of aromatic nitrogens is 3. The lowest BCUT2D eigenvalue weighted by molar-refractivity contribution is 0.419. The lowest BCUT2D eigenvalue weighted by atomic mass is 10.1. The fraction of sp³-hybridized carbons (Fsp3) is 0.235. The van der Waals surface area contributed by atoms with E-state index in [2.05, 4.69) is 72.2 Å². The van der Waals surface area contributed by atoms with Gasteiger partial charge in [0.15, 0.2) is 0 Å². The van der Waals surface area contributed by atoms with E-state index in [4.69, 9.17) is 4.98 Å². The summed E-state index contributed by atoms with van der Waals surface area (Å²) in [6, 6.07) is 16.8. The fourth-order valence-corrected chi connectivity index (χ4v) is 3.01. The van der Waals surface area contributed by atoms with Crippen LogP contribution in [0.15, 0.2) is 48.5 Å². The molecule has 0 aliphatic rings. The minimum Gasteiger partial charge on any atom is -0.304 e. The minimum atomic E-state index is -0.00820. The molecule has 3 nitrogen and oxygen atoms in total. The number of benzene rings is 2. The molecule has 0 aliphatic heterocycles. The summed E-state index contributed by atoms with van der Waals surface area (Å²) in [5.74, 6) is 1.01. The molecule has 2 aromatic heterocycles. The van der Waals surface area contributed by atoms with Crippen LogP contribution in [0, 0.1) is 0 Å². The first kappa shape index (κ1) is 11.5. The molecule has 0 amide bonds. The van der Waals surface area contributed by atoms with Crippen LogP contribution in [0.25, 0.3) is 27.8 Å².